The molecule has 0 aliphatic carbocycles. The summed E-state index contributed by atoms with van der Waals surface area (Å²) in [5.74, 6) is 0.0291. The number of anilines is 1. The largest absolute Gasteiger partial charge is 0.472 e. The van der Waals surface area contributed by atoms with Crippen molar-refractivity contribution in [3.63, 3.8) is 0 Å². The maximum absolute atomic E-state index is 11.7. The number of imidazole rings is 1. The van der Waals surface area contributed by atoms with E-state index in [1.807, 2.05) is 0 Å². The summed E-state index contributed by atoms with van der Waals surface area (Å²) in [4.78, 5) is 73.0. The molecule has 3 atom stereocenters. The van der Waals surface area contributed by atoms with Crippen molar-refractivity contribution in [3.05, 3.63) is 54.3 Å². The molecule has 20 nitrogen and oxygen atoms in total. The van der Waals surface area contributed by atoms with Crippen LogP contribution in [0.2, 0.25) is 0 Å². The van der Waals surface area contributed by atoms with Crippen LogP contribution in [-0.2, 0) is 20.8 Å². The van der Waals surface area contributed by atoms with Crippen LogP contribution in [0.3, 0.4) is 0 Å². The van der Waals surface area contributed by atoms with Crippen molar-refractivity contribution in [2.75, 3.05) is 25.6 Å². The Morgan fingerprint density at radius 2 is 1.93 bits per heavy atom. The molecule has 1 aliphatic rings. The van der Waals surface area contributed by atoms with Gasteiger partial charge >= 0.3 is 19.0 Å². The van der Waals surface area contributed by atoms with E-state index >= 15 is 0 Å². The predicted molar refractivity (Wildman–Crippen MR) is 147 cm³/mol. The first-order valence-corrected chi connectivity index (χ1v) is 14.0. The van der Waals surface area contributed by atoms with Gasteiger partial charge < -0.3 is 45.4 Å². The minimum absolute atomic E-state index is 0.0291. The zero-order chi connectivity index (χ0) is 31.6. The number of carbonyl (C=O) groups is 1. The van der Waals surface area contributed by atoms with Gasteiger partial charge in [0.2, 0.25) is 5.95 Å². The lowest BCUT2D eigenvalue weighted by Crippen LogP contribution is -2.33. The van der Waals surface area contributed by atoms with E-state index < -0.39 is 43.0 Å². The highest BCUT2D eigenvalue weighted by molar-refractivity contribution is 9.11. The fourth-order valence-corrected chi connectivity index (χ4v) is 3.53. The fourth-order valence-electron chi connectivity index (χ4n) is 3.24. The Bertz CT molecular complexity index is 1610. The predicted octanol–water partition coefficient (Wildman–Crippen LogP) is -1.95. The quantitative estimate of drug-likeness (QED) is 0.0920. The molecule has 22 heteroatoms. The summed E-state index contributed by atoms with van der Waals surface area (Å²) in [6.07, 6.45) is 2.18. The molecule has 1 saturated heterocycles. The SMILES string of the molecule is Nc1nc2c(ncn2COCCO)c(=O)[nH]1.O=C(O)P(=O)(O)O.O=c1[nH]c(=O)n([C@H]2C[C@H](O)[C@@H](CO)O2)cc1/C=C/Br. The second-order valence-electron chi connectivity index (χ2n) is 8.08. The van der Waals surface area contributed by atoms with Gasteiger partial charge in [-0.1, -0.05) is 15.9 Å². The molecular weight excluding hydrogens is 657 g/mol. The van der Waals surface area contributed by atoms with Crippen LogP contribution in [0.15, 0.2) is 31.9 Å². The summed E-state index contributed by atoms with van der Waals surface area (Å²) in [6.45, 7) is -0.0298. The number of aromatic amines is 2. The van der Waals surface area contributed by atoms with E-state index in [-0.39, 0.29) is 55.6 Å². The third kappa shape index (κ3) is 9.51. The zero-order valence-corrected chi connectivity index (χ0v) is 23.8. The number of halogens is 1. The van der Waals surface area contributed by atoms with Gasteiger partial charge in [-0.2, -0.15) is 4.98 Å². The van der Waals surface area contributed by atoms with E-state index in [0.717, 1.165) is 0 Å². The molecule has 0 saturated carbocycles. The maximum Gasteiger partial charge on any atom is 0.433 e. The highest BCUT2D eigenvalue weighted by Gasteiger charge is 2.35. The lowest BCUT2D eigenvalue weighted by Gasteiger charge is -2.14. The van der Waals surface area contributed by atoms with Gasteiger partial charge in [-0.05, 0) is 11.1 Å². The van der Waals surface area contributed by atoms with Gasteiger partial charge in [-0.25, -0.2) is 19.1 Å². The van der Waals surface area contributed by atoms with Crippen molar-refractivity contribution < 1.29 is 49.0 Å². The van der Waals surface area contributed by atoms with E-state index in [4.69, 9.17) is 40.3 Å². The van der Waals surface area contributed by atoms with E-state index in [9.17, 15) is 28.8 Å². The Morgan fingerprint density at radius 1 is 1.26 bits per heavy atom. The number of nitrogens with two attached hydrogens (primary N) is 1. The number of H-pyrrole nitrogens is 2. The van der Waals surface area contributed by atoms with Crippen molar-refractivity contribution in [3.8, 4) is 0 Å². The van der Waals surface area contributed by atoms with Gasteiger partial charge in [-0.3, -0.25) is 28.7 Å². The molecule has 0 unspecified atom stereocenters. The first kappa shape index (κ1) is 34.7. The van der Waals surface area contributed by atoms with Crippen LogP contribution in [0.25, 0.3) is 17.2 Å². The lowest BCUT2D eigenvalue weighted by molar-refractivity contribution is -0.0459. The topological polar surface area (TPSA) is 318 Å². The van der Waals surface area contributed by atoms with Crippen molar-refractivity contribution in [2.24, 2.45) is 0 Å². The van der Waals surface area contributed by atoms with E-state index in [1.54, 1.807) is 0 Å². The molecule has 1 fully saturated rings. The first-order chi connectivity index (χ1) is 19.7. The molecule has 10 N–H and O–H groups in total. The molecular formula is C20H27BrN7O13P. The van der Waals surface area contributed by atoms with Crippen LogP contribution in [0, 0.1) is 0 Å². The molecule has 4 rings (SSSR count). The number of aliphatic hydroxyl groups excluding tert-OH is 3. The van der Waals surface area contributed by atoms with Gasteiger partial charge in [0.1, 0.15) is 19.1 Å². The number of aliphatic hydroxyl groups is 3. The molecule has 0 amide bonds. The summed E-state index contributed by atoms with van der Waals surface area (Å²) >= 11 is 3.05. The molecule has 0 spiro atoms. The minimum Gasteiger partial charge on any atom is -0.472 e. The molecule has 3 aromatic rings. The Balaban J connectivity index is 0.000000243. The van der Waals surface area contributed by atoms with Crippen LogP contribution >= 0.6 is 23.5 Å². The highest BCUT2D eigenvalue weighted by atomic mass is 79.9. The summed E-state index contributed by atoms with van der Waals surface area (Å²) in [6, 6.07) is 0. The van der Waals surface area contributed by atoms with Crippen molar-refractivity contribution in [1.82, 2.24) is 29.1 Å². The number of nitrogen functional groups attached to an aromatic ring is 1. The molecule has 0 bridgehead atoms. The number of aromatic nitrogens is 6. The standard InChI is InChI=1S/C11H13BrN2O5.C8H11N5O3.CH3O5P/c12-2-1-6-4-14(11(18)13-10(6)17)9-3-7(16)8(5-15)19-9;9-8-11-6-5(7(15)12-8)10-3-13(6)4-16-2-1-14;2-1(3)7(4,5)6/h1-2,4,7-9,15-16H,3,5H2,(H,13,17,18);3,14H,1-2,4H2,(H3,9,11,12,15);(H,2,3)(H2,4,5,6)/b2-1+;;/t7-,8+,9+;;/m0../s1. The van der Waals surface area contributed by atoms with Gasteiger partial charge in [0.25, 0.3) is 11.1 Å². The molecule has 42 heavy (non-hydrogen) atoms. The van der Waals surface area contributed by atoms with Crippen LogP contribution < -0.4 is 22.5 Å². The van der Waals surface area contributed by atoms with Crippen LogP contribution in [-0.4, -0.2) is 97.0 Å². The average molecular weight is 684 g/mol. The first-order valence-electron chi connectivity index (χ1n) is 11.5. The third-order valence-electron chi connectivity index (χ3n) is 5.14. The van der Waals surface area contributed by atoms with E-state index in [2.05, 4.69) is 35.9 Å². The van der Waals surface area contributed by atoms with Crippen LogP contribution in [0.4, 0.5) is 10.7 Å². The van der Waals surface area contributed by atoms with Crippen LogP contribution in [0.1, 0.15) is 18.2 Å². The summed E-state index contributed by atoms with van der Waals surface area (Å²) in [5, 5.41) is 34.7. The van der Waals surface area contributed by atoms with Gasteiger partial charge in [0.15, 0.2) is 11.2 Å². The molecule has 0 radical (unpaired) electrons. The second kappa shape index (κ2) is 15.6. The number of carboxylic acid groups (broad SMARTS) is 1. The van der Waals surface area contributed by atoms with Crippen molar-refractivity contribution >= 4 is 52.4 Å². The number of nitrogens with one attached hydrogen (secondary N) is 2. The monoisotopic (exact) mass is 683 g/mol. The summed E-state index contributed by atoms with van der Waals surface area (Å²) < 4.78 is 22.6. The number of hydrogen-bond acceptors (Lipinski definition) is 13. The van der Waals surface area contributed by atoms with E-state index in [0.29, 0.717) is 5.65 Å². The van der Waals surface area contributed by atoms with E-state index in [1.165, 1.54) is 32.7 Å². The number of ether oxygens (including phenoxy) is 2. The number of hydrogen-bond donors (Lipinski definition) is 9. The van der Waals surface area contributed by atoms with Gasteiger partial charge in [0, 0.05) is 12.6 Å². The number of rotatable bonds is 8. The summed E-state index contributed by atoms with van der Waals surface area (Å²) in [7, 11) is -4.82. The summed E-state index contributed by atoms with van der Waals surface area (Å²) in [5.41, 5.74) is 2.67. The molecule has 4 heterocycles. The van der Waals surface area contributed by atoms with Gasteiger partial charge in [0.05, 0.1) is 37.8 Å². The Hall–Kier alpha value is -3.53. The molecule has 1 aliphatic heterocycles. The van der Waals surface area contributed by atoms with Crippen LogP contribution in [0.5, 0.6) is 0 Å². The Kier molecular flexibility index (Phi) is 12.9. The zero-order valence-electron chi connectivity index (χ0n) is 21.3. The smallest absolute Gasteiger partial charge is 0.433 e. The second-order valence-corrected chi connectivity index (χ2v) is 10.1. The van der Waals surface area contributed by atoms with Crippen molar-refractivity contribution in [1.29, 1.82) is 0 Å². The van der Waals surface area contributed by atoms with Crippen molar-refractivity contribution in [2.45, 2.75) is 31.6 Å². The fraction of sp³-hybridized carbons (Fsp3) is 0.400. The Labute approximate surface area is 242 Å². The van der Waals surface area contributed by atoms with Gasteiger partial charge in [-0.15, -0.1) is 0 Å². The highest BCUT2D eigenvalue weighted by Crippen LogP contribution is 2.34. The third-order valence-corrected chi connectivity index (χ3v) is 5.90. The number of nitrogens with zero attached hydrogens (tertiary/aromatic N) is 4. The Morgan fingerprint density at radius 3 is 2.48 bits per heavy atom. The normalized spacial score (nSPS) is 18.4. The molecule has 3 aromatic heterocycles. The maximum atomic E-state index is 11.7. The number of fused-ring (bicyclic) bond motifs is 1. The molecule has 0 aromatic carbocycles. The average Bonchev–Trinajstić information content (AvgIpc) is 3.49. The molecule has 232 valence electrons. The minimum atomic E-state index is -4.82. The lowest BCUT2D eigenvalue weighted by atomic mass is 10.2.